The molecule has 2 N–H and O–H groups in total. The predicted octanol–water partition coefficient (Wildman–Crippen LogP) is 2.11. The molecule has 0 aromatic heterocycles. The first-order valence-corrected chi connectivity index (χ1v) is 7.06. The monoisotopic (exact) mass is 245 g/mol. The van der Waals surface area contributed by atoms with E-state index in [9.17, 15) is 0 Å². The SMILES string of the molecule is Cc1ccc(N)c(N2CCN(CC3CC3)CC2)c1. The van der Waals surface area contributed by atoms with Crippen molar-refractivity contribution < 1.29 is 0 Å². The lowest BCUT2D eigenvalue weighted by Crippen LogP contribution is -2.47. The Labute approximate surface area is 110 Å². The Kier molecular flexibility index (Phi) is 3.16. The number of nitrogens with zero attached hydrogens (tertiary/aromatic N) is 2. The zero-order valence-corrected chi connectivity index (χ0v) is 11.2. The van der Waals surface area contributed by atoms with Crippen LogP contribution in [0.2, 0.25) is 0 Å². The number of hydrogen-bond acceptors (Lipinski definition) is 3. The molecule has 0 unspecified atom stereocenters. The number of anilines is 2. The van der Waals surface area contributed by atoms with E-state index < -0.39 is 0 Å². The fourth-order valence-electron chi connectivity index (χ4n) is 2.76. The second-order valence-corrected chi connectivity index (χ2v) is 5.79. The molecule has 0 spiro atoms. The standard InChI is InChI=1S/C15H23N3/c1-12-2-5-14(16)15(10-12)18-8-6-17(7-9-18)11-13-3-4-13/h2,5,10,13H,3-4,6-9,11,16H2,1H3. The topological polar surface area (TPSA) is 32.5 Å². The van der Waals surface area contributed by atoms with Gasteiger partial charge in [-0.1, -0.05) is 6.07 Å². The Bertz CT molecular complexity index is 418. The van der Waals surface area contributed by atoms with Crippen LogP contribution >= 0.6 is 0 Å². The highest BCUT2D eigenvalue weighted by molar-refractivity contribution is 5.68. The van der Waals surface area contributed by atoms with Gasteiger partial charge in [0.25, 0.3) is 0 Å². The molecule has 1 aliphatic heterocycles. The van der Waals surface area contributed by atoms with Crippen LogP contribution in [0.25, 0.3) is 0 Å². The summed E-state index contributed by atoms with van der Waals surface area (Å²) < 4.78 is 0. The average molecular weight is 245 g/mol. The van der Waals surface area contributed by atoms with Gasteiger partial charge in [0.05, 0.1) is 11.4 Å². The summed E-state index contributed by atoms with van der Waals surface area (Å²) in [5.41, 5.74) is 9.52. The van der Waals surface area contributed by atoms with Crippen molar-refractivity contribution in [1.29, 1.82) is 0 Å². The highest BCUT2D eigenvalue weighted by atomic mass is 15.3. The molecule has 2 fully saturated rings. The van der Waals surface area contributed by atoms with Crippen LogP contribution < -0.4 is 10.6 Å². The fourth-order valence-corrected chi connectivity index (χ4v) is 2.76. The van der Waals surface area contributed by atoms with Gasteiger partial charge in [0.1, 0.15) is 0 Å². The van der Waals surface area contributed by atoms with E-state index >= 15 is 0 Å². The Morgan fingerprint density at radius 2 is 1.89 bits per heavy atom. The molecule has 1 saturated heterocycles. The van der Waals surface area contributed by atoms with Gasteiger partial charge in [-0.25, -0.2) is 0 Å². The van der Waals surface area contributed by atoms with Crippen LogP contribution in [-0.4, -0.2) is 37.6 Å². The Balaban J connectivity index is 1.62. The van der Waals surface area contributed by atoms with Crippen LogP contribution in [0.1, 0.15) is 18.4 Å². The van der Waals surface area contributed by atoms with Gasteiger partial charge < -0.3 is 10.6 Å². The molecular formula is C15H23N3. The van der Waals surface area contributed by atoms with Gasteiger partial charge in [0.2, 0.25) is 0 Å². The maximum absolute atomic E-state index is 6.09. The summed E-state index contributed by atoms with van der Waals surface area (Å²) in [6, 6.07) is 6.33. The van der Waals surface area contributed by atoms with Crippen molar-refractivity contribution in [3.05, 3.63) is 23.8 Å². The number of benzene rings is 1. The normalized spacial score (nSPS) is 21.3. The van der Waals surface area contributed by atoms with Gasteiger partial charge >= 0.3 is 0 Å². The number of nitrogen functional groups attached to an aromatic ring is 1. The first kappa shape index (κ1) is 11.8. The second kappa shape index (κ2) is 4.81. The molecule has 3 heteroatoms. The molecule has 1 aromatic carbocycles. The Hall–Kier alpha value is -1.22. The lowest BCUT2D eigenvalue weighted by molar-refractivity contribution is 0.248. The minimum atomic E-state index is 0.913. The summed E-state index contributed by atoms with van der Waals surface area (Å²) in [7, 11) is 0. The van der Waals surface area contributed by atoms with E-state index in [4.69, 9.17) is 5.73 Å². The molecule has 3 rings (SSSR count). The molecule has 0 atom stereocenters. The Morgan fingerprint density at radius 1 is 1.17 bits per heavy atom. The Morgan fingerprint density at radius 3 is 2.56 bits per heavy atom. The molecular weight excluding hydrogens is 222 g/mol. The minimum absolute atomic E-state index is 0.913. The molecule has 1 heterocycles. The quantitative estimate of drug-likeness (QED) is 0.828. The minimum Gasteiger partial charge on any atom is -0.397 e. The van der Waals surface area contributed by atoms with Crippen LogP contribution in [0.3, 0.4) is 0 Å². The predicted molar refractivity (Wildman–Crippen MR) is 77.0 cm³/mol. The van der Waals surface area contributed by atoms with Gasteiger partial charge in [0.15, 0.2) is 0 Å². The van der Waals surface area contributed by atoms with Crippen LogP contribution in [0.4, 0.5) is 11.4 Å². The molecule has 1 saturated carbocycles. The number of hydrogen-bond donors (Lipinski definition) is 1. The highest BCUT2D eigenvalue weighted by Crippen LogP contribution is 2.31. The lowest BCUT2D eigenvalue weighted by atomic mass is 10.1. The first-order valence-electron chi connectivity index (χ1n) is 7.06. The molecule has 0 bridgehead atoms. The summed E-state index contributed by atoms with van der Waals surface area (Å²) in [5, 5.41) is 0. The van der Waals surface area contributed by atoms with Gasteiger partial charge in [-0.3, -0.25) is 4.90 Å². The van der Waals surface area contributed by atoms with Crippen LogP contribution in [0.15, 0.2) is 18.2 Å². The van der Waals surface area contributed by atoms with Crippen molar-refractivity contribution in [2.45, 2.75) is 19.8 Å². The number of aryl methyl sites for hydroxylation is 1. The van der Waals surface area contributed by atoms with E-state index in [0.29, 0.717) is 0 Å². The maximum Gasteiger partial charge on any atom is 0.0603 e. The van der Waals surface area contributed by atoms with Crippen LogP contribution in [0, 0.1) is 12.8 Å². The third kappa shape index (κ3) is 2.61. The summed E-state index contributed by atoms with van der Waals surface area (Å²) in [6.07, 6.45) is 2.90. The zero-order chi connectivity index (χ0) is 12.5. The number of nitrogens with two attached hydrogens (primary N) is 1. The second-order valence-electron chi connectivity index (χ2n) is 5.79. The molecule has 1 aromatic rings. The molecule has 18 heavy (non-hydrogen) atoms. The van der Waals surface area contributed by atoms with E-state index in [2.05, 4.69) is 28.9 Å². The maximum atomic E-state index is 6.09. The van der Waals surface area contributed by atoms with E-state index in [1.807, 2.05) is 6.07 Å². The molecule has 3 nitrogen and oxygen atoms in total. The van der Waals surface area contributed by atoms with Crippen molar-refractivity contribution in [3.63, 3.8) is 0 Å². The van der Waals surface area contributed by atoms with Gasteiger partial charge in [-0.15, -0.1) is 0 Å². The summed E-state index contributed by atoms with van der Waals surface area (Å²) >= 11 is 0. The van der Waals surface area contributed by atoms with Crippen molar-refractivity contribution in [1.82, 2.24) is 4.90 Å². The van der Waals surface area contributed by atoms with Crippen molar-refractivity contribution in [2.24, 2.45) is 5.92 Å². The van der Waals surface area contributed by atoms with Crippen LogP contribution in [0.5, 0.6) is 0 Å². The van der Waals surface area contributed by atoms with Gasteiger partial charge in [0, 0.05) is 32.7 Å². The van der Waals surface area contributed by atoms with Crippen LogP contribution in [-0.2, 0) is 0 Å². The third-order valence-electron chi connectivity index (χ3n) is 4.11. The summed E-state index contributed by atoms with van der Waals surface area (Å²) in [4.78, 5) is 5.05. The van der Waals surface area contributed by atoms with E-state index in [1.54, 1.807) is 0 Å². The molecule has 1 aliphatic carbocycles. The number of piperazine rings is 1. The molecule has 2 aliphatic rings. The van der Waals surface area contributed by atoms with Gasteiger partial charge in [-0.2, -0.15) is 0 Å². The largest absolute Gasteiger partial charge is 0.397 e. The van der Waals surface area contributed by atoms with Crippen molar-refractivity contribution in [2.75, 3.05) is 43.4 Å². The first-order chi connectivity index (χ1) is 8.72. The van der Waals surface area contributed by atoms with Crippen molar-refractivity contribution >= 4 is 11.4 Å². The molecule has 98 valence electrons. The third-order valence-corrected chi connectivity index (χ3v) is 4.11. The fraction of sp³-hybridized carbons (Fsp3) is 0.600. The number of rotatable bonds is 3. The highest BCUT2D eigenvalue weighted by Gasteiger charge is 2.26. The molecule has 0 amide bonds. The van der Waals surface area contributed by atoms with Gasteiger partial charge in [-0.05, 0) is 43.4 Å². The van der Waals surface area contributed by atoms with E-state index in [0.717, 1.165) is 24.7 Å². The molecule has 0 radical (unpaired) electrons. The summed E-state index contributed by atoms with van der Waals surface area (Å²) in [6.45, 7) is 8.04. The van der Waals surface area contributed by atoms with Crippen molar-refractivity contribution in [3.8, 4) is 0 Å². The smallest absolute Gasteiger partial charge is 0.0603 e. The van der Waals surface area contributed by atoms with E-state index in [1.165, 1.54) is 43.7 Å². The zero-order valence-electron chi connectivity index (χ0n) is 11.2. The lowest BCUT2D eigenvalue weighted by Gasteiger charge is -2.36. The van der Waals surface area contributed by atoms with E-state index in [-0.39, 0.29) is 0 Å². The average Bonchev–Trinajstić information content (AvgIpc) is 3.17. The summed E-state index contributed by atoms with van der Waals surface area (Å²) in [5.74, 6) is 1.00.